The van der Waals surface area contributed by atoms with E-state index in [-0.39, 0.29) is 5.92 Å². The number of anilines is 1. The number of halogens is 1. The minimum atomic E-state index is 0.279. The van der Waals surface area contributed by atoms with Gasteiger partial charge in [0.2, 0.25) is 5.91 Å². The lowest BCUT2D eigenvalue weighted by molar-refractivity contribution is -0.132. The molecule has 3 aromatic rings. The molecular formula is C23H23ClN4O. The molecule has 2 aliphatic rings. The van der Waals surface area contributed by atoms with E-state index in [1.54, 1.807) is 0 Å². The van der Waals surface area contributed by atoms with E-state index in [9.17, 15) is 4.79 Å². The Morgan fingerprint density at radius 3 is 2.48 bits per heavy atom. The maximum atomic E-state index is 12.4. The van der Waals surface area contributed by atoms with E-state index in [2.05, 4.69) is 17.0 Å². The van der Waals surface area contributed by atoms with Crippen LogP contribution in [0.5, 0.6) is 0 Å². The predicted octanol–water partition coefficient (Wildman–Crippen LogP) is 3.93. The minimum Gasteiger partial charge on any atom is -0.352 e. The molecule has 0 atom stereocenters. The van der Waals surface area contributed by atoms with Crippen molar-refractivity contribution >= 4 is 34.2 Å². The minimum absolute atomic E-state index is 0.279. The smallest absolute Gasteiger partial charge is 0.225 e. The lowest BCUT2D eigenvalue weighted by atomic mass is 10.1. The SMILES string of the molecule is O=C(C1CC1)N1CCN(c2nc(Cc3ccccc3)nc3cc(Cl)ccc23)CC1. The quantitative estimate of drug-likeness (QED) is 0.658. The van der Waals surface area contributed by atoms with Crippen LogP contribution in [0.2, 0.25) is 5.02 Å². The first-order valence-electron chi connectivity index (χ1n) is 10.2. The van der Waals surface area contributed by atoms with Crippen molar-refractivity contribution in [1.82, 2.24) is 14.9 Å². The number of hydrogen-bond donors (Lipinski definition) is 0. The highest BCUT2D eigenvalue weighted by Crippen LogP contribution is 2.32. The Morgan fingerprint density at radius 1 is 1.00 bits per heavy atom. The second kappa shape index (κ2) is 7.64. The molecule has 1 amide bonds. The number of aromatic nitrogens is 2. The summed E-state index contributed by atoms with van der Waals surface area (Å²) in [5, 5.41) is 1.68. The molecule has 0 N–H and O–H groups in total. The number of benzene rings is 2. The van der Waals surface area contributed by atoms with E-state index in [1.807, 2.05) is 41.3 Å². The highest BCUT2D eigenvalue weighted by atomic mass is 35.5. The molecule has 0 radical (unpaired) electrons. The third-order valence-corrected chi connectivity index (χ3v) is 5.94. The van der Waals surface area contributed by atoms with Crippen molar-refractivity contribution in [2.45, 2.75) is 19.3 Å². The largest absolute Gasteiger partial charge is 0.352 e. The molecule has 29 heavy (non-hydrogen) atoms. The number of hydrogen-bond acceptors (Lipinski definition) is 4. The van der Waals surface area contributed by atoms with Crippen LogP contribution in [0, 0.1) is 5.92 Å². The zero-order chi connectivity index (χ0) is 19.8. The third kappa shape index (κ3) is 3.92. The van der Waals surface area contributed by atoms with E-state index in [4.69, 9.17) is 21.6 Å². The second-order valence-electron chi connectivity index (χ2n) is 7.87. The van der Waals surface area contributed by atoms with Crippen molar-refractivity contribution in [3.05, 3.63) is 64.9 Å². The number of carbonyl (C=O) groups excluding carboxylic acids is 1. The summed E-state index contributed by atoms with van der Waals surface area (Å²) in [7, 11) is 0. The predicted molar refractivity (Wildman–Crippen MR) is 115 cm³/mol. The van der Waals surface area contributed by atoms with Crippen LogP contribution < -0.4 is 4.90 Å². The number of piperazine rings is 1. The van der Waals surface area contributed by atoms with Crippen molar-refractivity contribution in [2.24, 2.45) is 5.92 Å². The summed E-state index contributed by atoms with van der Waals surface area (Å²) in [6.45, 7) is 3.08. The molecule has 0 bridgehead atoms. The Morgan fingerprint density at radius 2 is 1.76 bits per heavy atom. The van der Waals surface area contributed by atoms with Gasteiger partial charge in [-0.15, -0.1) is 0 Å². The van der Waals surface area contributed by atoms with Crippen LogP contribution >= 0.6 is 11.6 Å². The van der Waals surface area contributed by atoms with Gasteiger partial charge in [0.1, 0.15) is 11.6 Å². The lowest BCUT2D eigenvalue weighted by Crippen LogP contribution is -2.49. The molecule has 1 saturated carbocycles. The molecule has 2 aromatic carbocycles. The average molecular weight is 407 g/mol. The van der Waals surface area contributed by atoms with E-state index < -0.39 is 0 Å². The standard InChI is InChI=1S/C23H23ClN4O/c24-18-8-9-19-20(15-18)25-21(14-16-4-2-1-3-5-16)26-22(19)27-10-12-28(13-11-27)23(29)17-6-7-17/h1-5,8-9,15,17H,6-7,10-14H2. The number of amides is 1. The van der Waals surface area contributed by atoms with Gasteiger partial charge < -0.3 is 9.80 Å². The second-order valence-corrected chi connectivity index (χ2v) is 8.31. The fourth-order valence-corrected chi connectivity index (χ4v) is 4.12. The van der Waals surface area contributed by atoms with Gasteiger partial charge in [-0.3, -0.25) is 4.79 Å². The van der Waals surface area contributed by atoms with Gasteiger partial charge in [-0.2, -0.15) is 0 Å². The van der Waals surface area contributed by atoms with Gasteiger partial charge in [-0.05, 0) is 36.6 Å². The van der Waals surface area contributed by atoms with Crippen molar-refractivity contribution in [3.8, 4) is 0 Å². The van der Waals surface area contributed by atoms with Crippen molar-refractivity contribution in [1.29, 1.82) is 0 Å². The highest BCUT2D eigenvalue weighted by molar-refractivity contribution is 6.31. The van der Waals surface area contributed by atoms with E-state index in [0.29, 0.717) is 17.4 Å². The summed E-state index contributed by atoms with van der Waals surface area (Å²) in [5.74, 6) is 2.34. The van der Waals surface area contributed by atoms with Gasteiger partial charge >= 0.3 is 0 Å². The summed E-state index contributed by atoms with van der Waals surface area (Å²) in [6.07, 6.45) is 2.79. The molecule has 0 unspecified atom stereocenters. The number of fused-ring (bicyclic) bond motifs is 1. The molecule has 5 rings (SSSR count). The van der Waals surface area contributed by atoms with Crippen LogP contribution in [0.1, 0.15) is 24.2 Å². The zero-order valence-electron chi connectivity index (χ0n) is 16.2. The van der Waals surface area contributed by atoms with Crippen molar-refractivity contribution in [2.75, 3.05) is 31.1 Å². The van der Waals surface area contributed by atoms with Gasteiger partial charge in [0.25, 0.3) is 0 Å². The number of carbonyl (C=O) groups is 1. The fraction of sp³-hybridized carbons (Fsp3) is 0.348. The van der Waals surface area contributed by atoms with E-state index in [0.717, 1.165) is 61.6 Å². The third-order valence-electron chi connectivity index (χ3n) is 5.71. The Balaban J connectivity index is 1.44. The maximum Gasteiger partial charge on any atom is 0.225 e. The van der Waals surface area contributed by atoms with Gasteiger partial charge in [0, 0.05) is 48.9 Å². The fourth-order valence-electron chi connectivity index (χ4n) is 3.96. The number of rotatable bonds is 4. The Hall–Kier alpha value is -2.66. The molecule has 148 valence electrons. The summed E-state index contributed by atoms with van der Waals surface area (Å²) < 4.78 is 0. The first-order chi connectivity index (χ1) is 14.2. The molecule has 1 aliphatic heterocycles. The number of nitrogens with zero attached hydrogens (tertiary/aromatic N) is 4. The van der Waals surface area contributed by atoms with Crippen molar-refractivity contribution < 1.29 is 4.79 Å². The van der Waals surface area contributed by atoms with Gasteiger partial charge in [-0.25, -0.2) is 9.97 Å². The Labute approximate surface area is 175 Å². The Kier molecular flexibility index (Phi) is 4.84. The molecule has 5 nitrogen and oxygen atoms in total. The molecule has 0 spiro atoms. The summed E-state index contributed by atoms with van der Waals surface area (Å²) in [4.78, 5) is 26.4. The molecule has 2 heterocycles. The van der Waals surface area contributed by atoms with Crippen LogP contribution in [0.25, 0.3) is 10.9 Å². The molecular weight excluding hydrogens is 384 g/mol. The monoisotopic (exact) mass is 406 g/mol. The molecule has 1 aliphatic carbocycles. The van der Waals surface area contributed by atoms with Gasteiger partial charge in [0.05, 0.1) is 5.52 Å². The lowest BCUT2D eigenvalue weighted by Gasteiger charge is -2.36. The van der Waals surface area contributed by atoms with Crippen LogP contribution in [-0.2, 0) is 11.2 Å². The Bertz CT molecular complexity index is 1040. The maximum absolute atomic E-state index is 12.4. The highest BCUT2D eigenvalue weighted by Gasteiger charge is 2.35. The average Bonchev–Trinajstić information content (AvgIpc) is 3.59. The van der Waals surface area contributed by atoms with Gasteiger partial charge in [0.15, 0.2) is 0 Å². The zero-order valence-corrected chi connectivity index (χ0v) is 17.0. The summed E-state index contributed by atoms with van der Waals surface area (Å²) in [6, 6.07) is 16.1. The molecule has 1 aromatic heterocycles. The van der Waals surface area contributed by atoms with E-state index in [1.165, 1.54) is 5.56 Å². The van der Waals surface area contributed by atoms with E-state index >= 15 is 0 Å². The molecule has 2 fully saturated rings. The van der Waals surface area contributed by atoms with Crippen LogP contribution in [0.4, 0.5) is 5.82 Å². The topological polar surface area (TPSA) is 49.3 Å². The summed E-state index contributed by atoms with van der Waals surface area (Å²) >= 11 is 6.24. The van der Waals surface area contributed by atoms with Crippen LogP contribution in [0.15, 0.2) is 48.5 Å². The normalized spacial score (nSPS) is 17.0. The summed E-state index contributed by atoms with van der Waals surface area (Å²) in [5.41, 5.74) is 2.05. The van der Waals surface area contributed by atoms with Crippen LogP contribution in [-0.4, -0.2) is 47.0 Å². The first kappa shape index (κ1) is 18.4. The van der Waals surface area contributed by atoms with Crippen molar-refractivity contribution in [3.63, 3.8) is 0 Å². The van der Waals surface area contributed by atoms with Gasteiger partial charge in [-0.1, -0.05) is 41.9 Å². The molecule has 1 saturated heterocycles. The first-order valence-corrected chi connectivity index (χ1v) is 10.6. The van der Waals surface area contributed by atoms with Crippen LogP contribution in [0.3, 0.4) is 0 Å². The molecule has 6 heteroatoms.